The predicted octanol–water partition coefficient (Wildman–Crippen LogP) is 4.05. The summed E-state index contributed by atoms with van der Waals surface area (Å²) in [5.74, 6) is 0.422. The molecule has 0 bridgehead atoms. The smallest absolute Gasteiger partial charge is 0.211 e. The molecular formula is C20H29N3O2S. The van der Waals surface area contributed by atoms with Gasteiger partial charge in [0.2, 0.25) is 10.0 Å². The normalized spacial score (nSPS) is 18.1. The monoisotopic (exact) mass is 375 g/mol. The van der Waals surface area contributed by atoms with E-state index in [4.69, 9.17) is 4.98 Å². The quantitative estimate of drug-likeness (QED) is 0.765. The highest BCUT2D eigenvalue weighted by Crippen LogP contribution is 2.35. The topological polar surface area (TPSA) is 55.2 Å². The molecule has 0 saturated carbocycles. The van der Waals surface area contributed by atoms with Crippen molar-refractivity contribution in [1.82, 2.24) is 13.9 Å². The van der Waals surface area contributed by atoms with E-state index in [-0.39, 0.29) is 0 Å². The second-order valence-corrected chi connectivity index (χ2v) is 9.32. The van der Waals surface area contributed by atoms with E-state index in [1.54, 1.807) is 4.31 Å². The Morgan fingerprint density at radius 3 is 2.42 bits per heavy atom. The molecule has 0 spiro atoms. The van der Waals surface area contributed by atoms with Crippen molar-refractivity contribution in [3.63, 3.8) is 0 Å². The van der Waals surface area contributed by atoms with Crippen molar-refractivity contribution in [2.24, 2.45) is 0 Å². The first-order valence-corrected chi connectivity index (χ1v) is 11.3. The van der Waals surface area contributed by atoms with Crippen molar-refractivity contribution >= 4 is 10.0 Å². The Hall–Kier alpha value is -1.66. The Kier molecular flexibility index (Phi) is 5.82. The molecule has 5 nitrogen and oxygen atoms in total. The fourth-order valence-electron chi connectivity index (χ4n) is 3.99. The van der Waals surface area contributed by atoms with Crippen LogP contribution in [0.4, 0.5) is 0 Å². The standard InChI is InChI=1S/C20H29N3O2S/c1-4-8-16(2)20-19(17-9-6-5-7-10-17)21-15-23(20)18-11-13-22(14-12-18)26(3,24)25/h5-7,9-10,15-16,18H,4,8,11-14H2,1-3H3/t16-/m0/s1. The van der Waals surface area contributed by atoms with Gasteiger partial charge in [0.15, 0.2) is 0 Å². The summed E-state index contributed by atoms with van der Waals surface area (Å²) in [5, 5.41) is 0. The molecule has 1 aliphatic rings. The molecule has 142 valence electrons. The fraction of sp³-hybridized carbons (Fsp3) is 0.550. The van der Waals surface area contributed by atoms with E-state index in [1.807, 2.05) is 24.5 Å². The molecule has 1 aromatic carbocycles. The molecule has 1 aromatic heterocycles. The Morgan fingerprint density at radius 2 is 1.85 bits per heavy atom. The lowest BCUT2D eigenvalue weighted by molar-refractivity contribution is 0.270. The van der Waals surface area contributed by atoms with Crippen LogP contribution < -0.4 is 0 Å². The fourth-order valence-corrected chi connectivity index (χ4v) is 4.86. The third-order valence-electron chi connectivity index (χ3n) is 5.35. The molecule has 1 atom stereocenters. The molecule has 0 aliphatic carbocycles. The minimum absolute atomic E-state index is 0.312. The SMILES string of the molecule is CCC[C@H](C)c1c(-c2ccccc2)ncn1C1CCN(S(C)(=O)=O)CC1. The third-order valence-corrected chi connectivity index (χ3v) is 6.66. The molecule has 0 radical (unpaired) electrons. The third kappa shape index (κ3) is 4.01. The zero-order chi connectivity index (χ0) is 18.7. The van der Waals surface area contributed by atoms with Crippen LogP contribution in [0.1, 0.15) is 57.2 Å². The maximum atomic E-state index is 11.8. The van der Waals surface area contributed by atoms with E-state index in [0.717, 1.165) is 36.9 Å². The number of aromatic nitrogens is 2. The van der Waals surface area contributed by atoms with E-state index in [9.17, 15) is 8.42 Å². The van der Waals surface area contributed by atoms with Crippen LogP contribution in [0, 0.1) is 0 Å². The molecule has 1 fully saturated rings. The first kappa shape index (κ1) is 19.1. The second-order valence-electron chi connectivity index (χ2n) is 7.33. The number of rotatable bonds is 6. The Morgan fingerprint density at radius 1 is 1.19 bits per heavy atom. The average molecular weight is 376 g/mol. The maximum absolute atomic E-state index is 11.8. The number of hydrogen-bond donors (Lipinski definition) is 0. The molecule has 6 heteroatoms. The lowest BCUT2D eigenvalue weighted by Crippen LogP contribution is -2.38. The summed E-state index contributed by atoms with van der Waals surface area (Å²) < 4.78 is 27.5. The number of benzene rings is 1. The van der Waals surface area contributed by atoms with E-state index >= 15 is 0 Å². The summed E-state index contributed by atoms with van der Waals surface area (Å²) in [5.41, 5.74) is 3.51. The van der Waals surface area contributed by atoms with Crippen molar-refractivity contribution in [3.05, 3.63) is 42.4 Å². The second kappa shape index (κ2) is 7.92. The van der Waals surface area contributed by atoms with E-state index in [2.05, 4.69) is 30.5 Å². The van der Waals surface area contributed by atoms with Gasteiger partial charge in [-0.15, -0.1) is 0 Å². The Bertz CT molecular complexity index is 822. The number of nitrogens with zero attached hydrogens (tertiary/aromatic N) is 3. The number of piperidine rings is 1. The van der Waals surface area contributed by atoms with Gasteiger partial charge in [0.25, 0.3) is 0 Å². The van der Waals surface area contributed by atoms with Gasteiger partial charge in [-0.05, 0) is 25.2 Å². The summed E-state index contributed by atoms with van der Waals surface area (Å²) in [4.78, 5) is 4.76. The molecule has 0 amide bonds. The van der Waals surface area contributed by atoms with Gasteiger partial charge in [0, 0.05) is 30.4 Å². The lowest BCUT2D eigenvalue weighted by atomic mass is 9.96. The van der Waals surface area contributed by atoms with Crippen LogP contribution in [0.2, 0.25) is 0 Å². The van der Waals surface area contributed by atoms with Gasteiger partial charge in [0.1, 0.15) is 0 Å². The van der Waals surface area contributed by atoms with Gasteiger partial charge in [-0.25, -0.2) is 17.7 Å². The molecule has 0 unspecified atom stereocenters. The van der Waals surface area contributed by atoms with E-state index in [0.29, 0.717) is 25.0 Å². The molecule has 0 N–H and O–H groups in total. The van der Waals surface area contributed by atoms with Crippen LogP contribution in [0.5, 0.6) is 0 Å². The van der Waals surface area contributed by atoms with Gasteiger partial charge in [-0.2, -0.15) is 0 Å². The van der Waals surface area contributed by atoms with Crippen molar-refractivity contribution < 1.29 is 8.42 Å². The highest BCUT2D eigenvalue weighted by molar-refractivity contribution is 7.88. The zero-order valence-corrected chi connectivity index (χ0v) is 16.7. The van der Waals surface area contributed by atoms with E-state index in [1.165, 1.54) is 11.9 Å². The van der Waals surface area contributed by atoms with Crippen molar-refractivity contribution in [2.75, 3.05) is 19.3 Å². The average Bonchev–Trinajstić information content (AvgIpc) is 3.07. The first-order valence-electron chi connectivity index (χ1n) is 9.49. The van der Waals surface area contributed by atoms with Crippen LogP contribution in [-0.2, 0) is 10.0 Å². The largest absolute Gasteiger partial charge is 0.331 e. The Labute approximate surface area is 157 Å². The molecule has 2 heterocycles. The Balaban J connectivity index is 1.91. The minimum atomic E-state index is -3.10. The van der Waals surface area contributed by atoms with Gasteiger partial charge in [-0.3, -0.25) is 0 Å². The summed E-state index contributed by atoms with van der Waals surface area (Å²) in [6.45, 7) is 5.66. The zero-order valence-electron chi connectivity index (χ0n) is 15.9. The van der Waals surface area contributed by atoms with Crippen LogP contribution in [0.3, 0.4) is 0 Å². The predicted molar refractivity (Wildman–Crippen MR) is 106 cm³/mol. The van der Waals surface area contributed by atoms with Crippen molar-refractivity contribution in [2.45, 2.75) is 51.5 Å². The van der Waals surface area contributed by atoms with Gasteiger partial charge >= 0.3 is 0 Å². The summed E-state index contributed by atoms with van der Waals surface area (Å²) in [6.07, 6.45) is 7.19. The highest BCUT2D eigenvalue weighted by atomic mass is 32.2. The highest BCUT2D eigenvalue weighted by Gasteiger charge is 2.29. The summed E-state index contributed by atoms with van der Waals surface area (Å²) in [7, 11) is -3.10. The summed E-state index contributed by atoms with van der Waals surface area (Å²) in [6, 6.07) is 10.7. The molecule has 26 heavy (non-hydrogen) atoms. The molecule has 3 rings (SSSR count). The molecule has 1 aliphatic heterocycles. The van der Waals surface area contributed by atoms with Crippen LogP contribution in [0.25, 0.3) is 11.3 Å². The van der Waals surface area contributed by atoms with Gasteiger partial charge in [-0.1, -0.05) is 50.6 Å². The number of imidazole rings is 1. The first-order chi connectivity index (χ1) is 12.4. The maximum Gasteiger partial charge on any atom is 0.211 e. The van der Waals surface area contributed by atoms with Crippen LogP contribution in [0.15, 0.2) is 36.7 Å². The summed E-state index contributed by atoms with van der Waals surface area (Å²) >= 11 is 0. The van der Waals surface area contributed by atoms with Crippen molar-refractivity contribution in [3.8, 4) is 11.3 Å². The van der Waals surface area contributed by atoms with Crippen LogP contribution >= 0.6 is 0 Å². The van der Waals surface area contributed by atoms with Crippen molar-refractivity contribution in [1.29, 1.82) is 0 Å². The number of sulfonamides is 1. The van der Waals surface area contributed by atoms with E-state index < -0.39 is 10.0 Å². The minimum Gasteiger partial charge on any atom is -0.331 e. The lowest BCUT2D eigenvalue weighted by Gasteiger charge is -2.32. The van der Waals surface area contributed by atoms with Gasteiger partial charge in [0.05, 0.1) is 18.3 Å². The number of hydrogen-bond acceptors (Lipinski definition) is 3. The molecular weight excluding hydrogens is 346 g/mol. The van der Waals surface area contributed by atoms with Gasteiger partial charge < -0.3 is 4.57 Å². The molecule has 2 aromatic rings. The van der Waals surface area contributed by atoms with Crippen LogP contribution in [-0.4, -0.2) is 41.6 Å². The molecule has 1 saturated heterocycles.